The maximum absolute atomic E-state index is 5.74. The van der Waals surface area contributed by atoms with E-state index in [9.17, 15) is 0 Å². The van der Waals surface area contributed by atoms with Gasteiger partial charge in [0.2, 0.25) is 15.2 Å². The molecule has 106 valence electrons. The molecule has 0 bridgehead atoms. The molecule has 1 aromatic rings. The molecule has 8 heteroatoms. The van der Waals surface area contributed by atoms with E-state index in [2.05, 4.69) is 73.7 Å². The highest BCUT2D eigenvalue weighted by Gasteiger charge is 2.53. The molecule has 0 fully saturated rings. The standard InChI is InChI=1S/C12H8Br4N2O2/c13-11(14)12(15,16)20-10(18-11)8-3-1-7(2-4-8)9-17-5-6-19-9/h1-4H,5-6H2. The average molecular weight is 532 g/mol. The van der Waals surface area contributed by atoms with Crippen molar-refractivity contribution in [1.82, 2.24) is 0 Å². The van der Waals surface area contributed by atoms with Crippen LogP contribution in [-0.2, 0) is 9.47 Å². The quantitative estimate of drug-likeness (QED) is 0.426. The van der Waals surface area contributed by atoms with Crippen molar-refractivity contribution in [2.24, 2.45) is 9.98 Å². The Balaban J connectivity index is 1.86. The molecule has 4 nitrogen and oxygen atoms in total. The van der Waals surface area contributed by atoms with Crippen molar-refractivity contribution in [1.29, 1.82) is 0 Å². The van der Waals surface area contributed by atoms with Crippen LogP contribution >= 0.6 is 63.7 Å². The smallest absolute Gasteiger partial charge is 0.264 e. The van der Waals surface area contributed by atoms with Crippen molar-refractivity contribution in [3.63, 3.8) is 0 Å². The molecule has 0 saturated carbocycles. The minimum Gasteiger partial charge on any atom is -0.476 e. The van der Waals surface area contributed by atoms with Crippen LogP contribution in [0.1, 0.15) is 11.1 Å². The third-order valence-corrected chi connectivity index (χ3v) is 7.85. The van der Waals surface area contributed by atoms with Gasteiger partial charge in [0.05, 0.1) is 6.54 Å². The van der Waals surface area contributed by atoms with Crippen molar-refractivity contribution in [3.05, 3.63) is 35.4 Å². The first-order valence-electron chi connectivity index (χ1n) is 5.72. The van der Waals surface area contributed by atoms with Crippen molar-refractivity contribution >= 4 is 75.5 Å². The highest BCUT2D eigenvalue weighted by molar-refractivity contribution is 9.30. The zero-order valence-corrected chi connectivity index (χ0v) is 16.3. The summed E-state index contributed by atoms with van der Waals surface area (Å²) in [7, 11) is 0. The molecule has 2 aliphatic rings. The first-order chi connectivity index (χ1) is 9.39. The first kappa shape index (κ1) is 15.0. The van der Waals surface area contributed by atoms with Crippen LogP contribution in [0.5, 0.6) is 0 Å². The molecule has 0 unspecified atom stereocenters. The normalized spacial score (nSPS) is 22.8. The molecule has 0 N–H and O–H groups in total. The Hall–Kier alpha value is 0.0800. The molecular weight excluding hydrogens is 524 g/mol. The topological polar surface area (TPSA) is 43.2 Å². The summed E-state index contributed by atoms with van der Waals surface area (Å²) in [6, 6.07) is 7.74. The molecule has 2 aliphatic heterocycles. The second kappa shape index (κ2) is 5.37. The SMILES string of the molecule is BrC1(Br)N=C(c2ccc(C3=NCCO3)cc2)OC1(Br)Br. The van der Waals surface area contributed by atoms with Gasteiger partial charge in [-0.1, -0.05) is 0 Å². The lowest BCUT2D eigenvalue weighted by molar-refractivity contribution is 0.284. The third-order valence-electron chi connectivity index (χ3n) is 2.78. The lowest BCUT2D eigenvalue weighted by atomic mass is 10.1. The highest BCUT2D eigenvalue weighted by Crippen LogP contribution is 2.54. The van der Waals surface area contributed by atoms with E-state index in [1.807, 2.05) is 24.3 Å². The second-order valence-corrected chi connectivity index (χ2v) is 10.8. The average Bonchev–Trinajstić information content (AvgIpc) is 2.97. The van der Waals surface area contributed by atoms with Gasteiger partial charge in [0.25, 0.3) is 3.42 Å². The van der Waals surface area contributed by atoms with E-state index in [0.717, 1.165) is 17.7 Å². The van der Waals surface area contributed by atoms with Crippen LogP contribution in [-0.4, -0.2) is 31.7 Å². The van der Waals surface area contributed by atoms with Crippen molar-refractivity contribution in [2.75, 3.05) is 13.2 Å². The highest BCUT2D eigenvalue weighted by atomic mass is 79.9. The number of hydrogen-bond acceptors (Lipinski definition) is 4. The van der Waals surface area contributed by atoms with Gasteiger partial charge in [-0.3, -0.25) is 0 Å². The van der Waals surface area contributed by atoms with Gasteiger partial charge in [-0.15, -0.1) is 0 Å². The lowest BCUT2D eigenvalue weighted by Gasteiger charge is -2.22. The summed E-state index contributed by atoms with van der Waals surface area (Å²) in [4.78, 5) is 8.73. The predicted molar refractivity (Wildman–Crippen MR) is 92.6 cm³/mol. The minimum absolute atomic E-state index is 0.522. The van der Waals surface area contributed by atoms with Crippen molar-refractivity contribution in [3.8, 4) is 0 Å². The van der Waals surface area contributed by atoms with Gasteiger partial charge < -0.3 is 9.47 Å². The van der Waals surface area contributed by atoms with E-state index in [1.165, 1.54) is 0 Å². The van der Waals surface area contributed by atoms with E-state index in [0.29, 0.717) is 18.4 Å². The molecule has 20 heavy (non-hydrogen) atoms. The summed E-state index contributed by atoms with van der Waals surface area (Å²) < 4.78 is 9.57. The summed E-state index contributed by atoms with van der Waals surface area (Å²) in [5, 5.41) is 0. The van der Waals surface area contributed by atoms with Gasteiger partial charge >= 0.3 is 0 Å². The fourth-order valence-corrected chi connectivity index (χ4v) is 2.75. The molecule has 0 atom stereocenters. The molecular formula is C12H8Br4N2O2. The number of alkyl halides is 4. The van der Waals surface area contributed by atoms with Crippen LogP contribution in [0.2, 0.25) is 0 Å². The maximum atomic E-state index is 5.74. The Labute approximate surface area is 149 Å². The van der Waals surface area contributed by atoms with Gasteiger partial charge in [0.1, 0.15) is 6.61 Å². The van der Waals surface area contributed by atoms with E-state index < -0.39 is 6.78 Å². The molecule has 0 spiro atoms. The van der Waals surface area contributed by atoms with E-state index >= 15 is 0 Å². The molecule has 0 radical (unpaired) electrons. The molecule has 0 saturated heterocycles. The van der Waals surface area contributed by atoms with Gasteiger partial charge in [0.15, 0.2) is 0 Å². The van der Waals surface area contributed by atoms with Crippen LogP contribution in [0.3, 0.4) is 0 Å². The monoisotopic (exact) mass is 528 g/mol. The zero-order chi connectivity index (χ0) is 14.4. The largest absolute Gasteiger partial charge is 0.476 e. The van der Waals surface area contributed by atoms with Crippen LogP contribution < -0.4 is 0 Å². The van der Waals surface area contributed by atoms with Crippen LogP contribution in [0.15, 0.2) is 34.3 Å². The van der Waals surface area contributed by atoms with Gasteiger partial charge in [-0.05, 0) is 88.0 Å². The third kappa shape index (κ3) is 2.71. The summed E-state index contributed by atoms with van der Waals surface area (Å²) in [5.41, 5.74) is 1.83. The molecule has 3 rings (SSSR count). The van der Waals surface area contributed by atoms with Crippen molar-refractivity contribution in [2.45, 2.75) is 6.78 Å². The number of rotatable bonds is 2. The Kier molecular flexibility index (Phi) is 4.03. The number of benzene rings is 1. The Morgan fingerprint density at radius 2 is 1.55 bits per heavy atom. The van der Waals surface area contributed by atoms with E-state index in [4.69, 9.17) is 9.47 Å². The number of hydrogen-bond donors (Lipinski definition) is 0. The number of aliphatic imine (C=N–C) groups is 2. The minimum atomic E-state index is -0.834. The molecule has 2 heterocycles. The zero-order valence-electron chi connectivity index (χ0n) is 9.95. The van der Waals surface area contributed by atoms with E-state index in [-0.39, 0.29) is 0 Å². The second-order valence-electron chi connectivity index (χ2n) is 4.19. The number of halogens is 4. The van der Waals surface area contributed by atoms with Gasteiger partial charge in [-0.2, -0.15) is 0 Å². The van der Waals surface area contributed by atoms with Crippen LogP contribution in [0, 0.1) is 0 Å². The van der Waals surface area contributed by atoms with Crippen LogP contribution in [0.25, 0.3) is 0 Å². The fraction of sp³-hybridized carbons (Fsp3) is 0.333. The number of nitrogens with zero attached hydrogens (tertiary/aromatic N) is 2. The summed E-state index contributed by atoms with van der Waals surface area (Å²) >= 11 is 13.7. The number of ether oxygens (including phenoxy) is 2. The maximum Gasteiger partial charge on any atom is 0.264 e. The molecule has 1 aromatic carbocycles. The van der Waals surface area contributed by atoms with Gasteiger partial charge in [-0.25, -0.2) is 9.98 Å². The van der Waals surface area contributed by atoms with Crippen LogP contribution in [0.4, 0.5) is 0 Å². The first-order valence-corrected chi connectivity index (χ1v) is 8.89. The molecule has 0 aliphatic carbocycles. The van der Waals surface area contributed by atoms with Crippen molar-refractivity contribution < 1.29 is 9.47 Å². The van der Waals surface area contributed by atoms with E-state index in [1.54, 1.807) is 0 Å². The molecule has 0 amide bonds. The fourth-order valence-electron chi connectivity index (χ4n) is 1.79. The Bertz CT molecular complexity index is 596. The Morgan fingerprint density at radius 1 is 0.950 bits per heavy atom. The predicted octanol–water partition coefficient (Wildman–Crippen LogP) is 4.13. The molecule has 0 aromatic heterocycles. The lowest BCUT2D eigenvalue weighted by Crippen LogP contribution is -2.29. The summed E-state index contributed by atoms with van der Waals surface area (Å²) in [5.74, 6) is 1.21. The Morgan fingerprint density at radius 3 is 2.00 bits per heavy atom. The van der Waals surface area contributed by atoms with Gasteiger partial charge in [0, 0.05) is 11.1 Å². The summed E-state index contributed by atoms with van der Waals surface area (Å²) in [6.07, 6.45) is 0. The summed E-state index contributed by atoms with van der Waals surface area (Å²) in [6.45, 7) is 1.37.